The topological polar surface area (TPSA) is 24.5 Å². The Morgan fingerprint density at radius 2 is 2.20 bits per heavy atom. The van der Waals surface area contributed by atoms with Crippen LogP contribution in [0.25, 0.3) is 0 Å². The van der Waals surface area contributed by atoms with Gasteiger partial charge in [0.05, 0.1) is 0 Å². The van der Waals surface area contributed by atoms with Crippen LogP contribution < -0.4 is 10.1 Å². The smallest absolute Gasteiger partial charge is 0.127 e. The lowest BCUT2D eigenvalue weighted by atomic mass is 10.0. The summed E-state index contributed by atoms with van der Waals surface area (Å²) in [5.74, 6) is 1.13. The molecule has 2 heterocycles. The molecule has 3 rings (SSSR count). The Balaban J connectivity index is 0.00000147. The molecule has 20 heavy (non-hydrogen) atoms. The number of nitrogens with zero attached hydrogens (tertiary/aromatic N) is 1. The van der Waals surface area contributed by atoms with Crippen LogP contribution in [0.15, 0.2) is 18.2 Å². The Morgan fingerprint density at radius 3 is 2.90 bits per heavy atom. The van der Waals surface area contributed by atoms with Gasteiger partial charge < -0.3 is 10.1 Å². The zero-order valence-electron chi connectivity index (χ0n) is 12.6. The zero-order valence-corrected chi connectivity index (χ0v) is 13.4. The third-order valence-corrected chi connectivity index (χ3v) is 4.25. The van der Waals surface area contributed by atoms with Gasteiger partial charge in [0.1, 0.15) is 11.4 Å². The van der Waals surface area contributed by atoms with Gasteiger partial charge in [0, 0.05) is 31.1 Å². The molecular weight excluding hydrogens is 272 g/mol. The summed E-state index contributed by atoms with van der Waals surface area (Å²) >= 11 is 0. The normalized spacial score (nSPS) is 23.3. The molecule has 4 heteroatoms. The highest BCUT2D eigenvalue weighted by Crippen LogP contribution is 2.38. The van der Waals surface area contributed by atoms with Crippen LogP contribution in [0.2, 0.25) is 0 Å². The predicted molar refractivity (Wildman–Crippen MR) is 84.8 cm³/mol. The van der Waals surface area contributed by atoms with Gasteiger partial charge in [-0.2, -0.15) is 0 Å². The molecule has 1 aromatic rings. The molecule has 2 aliphatic heterocycles. The fourth-order valence-electron chi connectivity index (χ4n) is 3.22. The summed E-state index contributed by atoms with van der Waals surface area (Å²) in [6.07, 6.45) is 2.27. The maximum atomic E-state index is 6.15. The summed E-state index contributed by atoms with van der Waals surface area (Å²) < 4.78 is 6.15. The van der Waals surface area contributed by atoms with Crippen LogP contribution in [0.4, 0.5) is 0 Å². The van der Waals surface area contributed by atoms with E-state index in [1.807, 2.05) is 0 Å². The van der Waals surface area contributed by atoms with E-state index in [1.165, 1.54) is 17.5 Å². The lowest BCUT2D eigenvalue weighted by Crippen LogP contribution is -2.33. The number of benzene rings is 1. The van der Waals surface area contributed by atoms with Gasteiger partial charge in [-0.3, -0.25) is 4.90 Å². The molecule has 0 aromatic heterocycles. The molecule has 1 saturated heterocycles. The highest BCUT2D eigenvalue weighted by atomic mass is 35.5. The van der Waals surface area contributed by atoms with E-state index in [9.17, 15) is 0 Å². The molecule has 2 aliphatic rings. The Labute approximate surface area is 128 Å². The van der Waals surface area contributed by atoms with E-state index in [1.54, 1.807) is 0 Å². The van der Waals surface area contributed by atoms with Crippen LogP contribution in [0.1, 0.15) is 31.4 Å². The zero-order chi connectivity index (χ0) is 13.5. The van der Waals surface area contributed by atoms with Crippen LogP contribution in [0, 0.1) is 0 Å². The van der Waals surface area contributed by atoms with Crippen molar-refractivity contribution in [3.05, 3.63) is 29.3 Å². The SMILES string of the molecule is CN(Cc1cccc2c1OC(C)(C)C2)C1CCNC1.Cl. The number of likely N-dealkylation sites (N-methyl/N-ethyl adjacent to an activating group) is 1. The minimum absolute atomic E-state index is 0. The van der Waals surface area contributed by atoms with Crippen molar-refractivity contribution in [2.45, 2.75) is 44.9 Å². The first-order valence-electron chi connectivity index (χ1n) is 7.26. The number of halogens is 1. The van der Waals surface area contributed by atoms with Gasteiger partial charge in [-0.15, -0.1) is 12.4 Å². The molecule has 1 atom stereocenters. The van der Waals surface area contributed by atoms with E-state index < -0.39 is 0 Å². The monoisotopic (exact) mass is 296 g/mol. The van der Waals surface area contributed by atoms with Crippen LogP contribution in [-0.4, -0.2) is 36.7 Å². The van der Waals surface area contributed by atoms with E-state index in [4.69, 9.17) is 4.74 Å². The summed E-state index contributed by atoms with van der Waals surface area (Å²) in [6.45, 7) is 7.57. The first kappa shape index (κ1) is 15.6. The molecule has 1 unspecified atom stereocenters. The number of hydrogen-bond donors (Lipinski definition) is 1. The maximum Gasteiger partial charge on any atom is 0.127 e. The summed E-state index contributed by atoms with van der Waals surface area (Å²) in [5, 5.41) is 3.43. The number of nitrogens with one attached hydrogen (secondary N) is 1. The van der Waals surface area contributed by atoms with Gasteiger partial charge in [0.15, 0.2) is 0 Å². The molecular formula is C16H25ClN2O. The maximum absolute atomic E-state index is 6.15. The summed E-state index contributed by atoms with van der Waals surface area (Å²) in [7, 11) is 2.22. The summed E-state index contributed by atoms with van der Waals surface area (Å²) in [5.41, 5.74) is 2.64. The molecule has 0 amide bonds. The van der Waals surface area contributed by atoms with Crippen LogP contribution in [0.5, 0.6) is 5.75 Å². The van der Waals surface area contributed by atoms with Gasteiger partial charge in [-0.05, 0) is 39.4 Å². The molecule has 1 aromatic carbocycles. The van der Waals surface area contributed by atoms with Gasteiger partial charge in [-0.1, -0.05) is 18.2 Å². The quantitative estimate of drug-likeness (QED) is 0.928. The highest BCUT2D eigenvalue weighted by Gasteiger charge is 2.32. The summed E-state index contributed by atoms with van der Waals surface area (Å²) in [6, 6.07) is 7.23. The second kappa shape index (κ2) is 5.92. The standard InChI is InChI=1S/C16H24N2O.ClH/c1-16(2)9-12-5-4-6-13(15(12)19-16)11-18(3)14-7-8-17-10-14;/h4-6,14,17H,7-11H2,1-3H3;1H. The summed E-state index contributed by atoms with van der Waals surface area (Å²) in [4.78, 5) is 2.45. The van der Waals surface area contributed by atoms with Crippen molar-refractivity contribution in [3.8, 4) is 5.75 Å². The van der Waals surface area contributed by atoms with Gasteiger partial charge in [-0.25, -0.2) is 0 Å². The van der Waals surface area contributed by atoms with Crippen molar-refractivity contribution in [3.63, 3.8) is 0 Å². The Hall–Kier alpha value is -0.770. The molecule has 3 nitrogen and oxygen atoms in total. The minimum atomic E-state index is -0.0497. The lowest BCUT2D eigenvalue weighted by molar-refractivity contribution is 0.135. The largest absolute Gasteiger partial charge is 0.487 e. The number of fused-ring (bicyclic) bond motifs is 1. The molecule has 0 spiro atoms. The van der Waals surface area contributed by atoms with Crippen LogP contribution in [0.3, 0.4) is 0 Å². The molecule has 0 saturated carbocycles. The van der Waals surface area contributed by atoms with Crippen molar-refractivity contribution in [1.29, 1.82) is 0 Å². The molecule has 0 radical (unpaired) electrons. The molecule has 1 fully saturated rings. The number of para-hydroxylation sites is 1. The van der Waals surface area contributed by atoms with Crippen LogP contribution in [-0.2, 0) is 13.0 Å². The number of hydrogen-bond acceptors (Lipinski definition) is 3. The van der Waals surface area contributed by atoms with Crippen molar-refractivity contribution in [2.75, 3.05) is 20.1 Å². The van der Waals surface area contributed by atoms with E-state index in [2.05, 4.69) is 49.3 Å². The average Bonchev–Trinajstić information content (AvgIpc) is 2.94. The van der Waals surface area contributed by atoms with E-state index in [0.29, 0.717) is 6.04 Å². The second-order valence-electron chi connectivity index (χ2n) is 6.51. The first-order chi connectivity index (χ1) is 9.05. The number of rotatable bonds is 3. The minimum Gasteiger partial charge on any atom is -0.487 e. The fraction of sp³-hybridized carbons (Fsp3) is 0.625. The van der Waals surface area contributed by atoms with E-state index in [-0.39, 0.29) is 18.0 Å². The predicted octanol–water partition coefficient (Wildman–Crippen LogP) is 2.62. The van der Waals surface area contributed by atoms with Crippen molar-refractivity contribution >= 4 is 12.4 Å². The Kier molecular flexibility index (Phi) is 4.62. The first-order valence-corrected chi connectivity index (χ1v) is 7.26. The highest BCUT2D eigenvalue weighted by molar-refractivity contribution is 5.85. The average molecular weight is 297 g/mol. The molecule has 0 aliphatic carbocycles. The van der Waals surface area contributed by atoms with E-state index >= 15 is 0 Å². The molecule has 1 N–H and O–H groups in total. The Morgan fingerprint density at radius 1 is 1.40 bits per heavy atom. The fourth-order valence-corrected chi connectivity index (χ4v) is 3.22. The number of ether oxygens (including phenoxy) is 1. The van der Waals surface area contributed by atoms with E-state index in [0.717, 1.165) is 31.8 Å². The van der Waals surface area contributed by atoms with Crippen LogP contribution >= 0.6 is 12.4 Å². The molecule has 112 valence electrons. The van der Waals surface area contributed by atoms with Gasteiger partial charge in [0.25, 0.3) is 0 Å². The van der Waals surface area contributed by atoms with Gasteiger partial charge in [0.2, 0.25) is 0 Å². The second-order valence-corrected chi connectivity index (χ2v) is 6.51. The molecule has 0 bridgehead atoms. The van der Waals surface area contributed by atoms with Crippen molar-refractivity contribution in [1.82, 2.24) is 10.2 Å². The Bertz CT molecular complexity index is 470. The van der Waals surface area contributed by atoms with Crippen molar-refractivity contribution in [2.24, 2.45) is 0 Å². The van der Waals surface area contributed by atoms with Gasteiger partial charge >= 0.3 is 0 Å². The third kappa shape index (κ3) is 3.11. The lowest BCUT2D eigenvalue weighted by Gasteiger charge is -2.25. The third-order valence-electron chi connectivity index (χ3n) is 4.25. The van der Waals surface area contributed by atoms with Crippen molar-refractivity contribution < 1.29 is 4.74 Å².